The summed E-state index contributed by atoms with van der Waals surface area (Å²) in [6.07, 6.45) is 1.66. The van der Waals surface area contributed by atoms with Gasteiger partial charge in [-0.1, -0.05) is 41.9 Å². The third-order valence-corrected chi connectivity index (χ3v) is 4.94. The van der Waals surface area contributed by atoms with Crippen LogP contribution in [0.2, 0.25) is 5.15 Å². The van der Waals surface area contributed by atoms with Gasteiger partial charge in [0.1, 0.15) is 5.15 Å². The molecule has 0 saturated carbocycles. The SMILES string of the molecule is O=C(Nc1ccc(-c2csc(Nc3ccc(Cl)nc3)n2)cc1)c1ccccc1. The fourth-order valence-electron chi connectivity index (χ4n) is 2.55. The van der Waals surface area contributed by atoms with Crippen LogP contribution in [0, 0.1) is 0 Å². The molecule has 0 aliphatic carbocycles. The minimum Gasteiger partial charge on any atom is -0.330 e. The Balaban J connectivity index is 1.43. The zero-order chi connectivity index (χ0) is 19.3. The third-order valence-electron chi connectivity index (χ3n) is 3.96. The van der Waals surface area contributed by atoms with Crippen molar-refractivity contribution in [2.45, 2.75) is 0 Å². The van der Waals surface area contributed by atoms with Crippen LogP contribution in [-0.2, 0) is 0 Å². The van der Waals surface area contributed by atoms with E-state index in [4.69, 9.17) is 11.6 Å². The zero-order valence-corrected chi connectivity index (χ0v) is 16.2. The number of carbonyl (C=O) groups excluding carboxylic acids is 1. The van der Waals surface area contributed by atoms with Gasteiger partial charge in [-0.05, 0) is 36.4 Å². The molecule has 0 saturated heterocycles. The van der Waals surface area contributed by atoms with Gasteiger partial charge in [-0.3, -0.25) is 4.79 Å². The second-order valence-electron chi connectivity index (χ2n) is 5.93. The number of carbonyl (C=O) groups is 1. The number of thiazole rings is 1. The van der Waals surface area contributed by atoms with E-state index in [2.05, 4.69) is 20.6 Å². The smallest absolute Gasteiger partial charge is 0.255 e. The number of rotatable bonds is 5. The van der Waals surface area contributed by atoms with Crippen LogP contribution in [0.5, 0.6) is 0 Å². The lowest BCUT2D eigenvalue weighted by molar-refractivity contribution is 0.102. The molecule has 0 aliphatic rings. The minimum absolute atomic E-state index is 0.134. The highest BCUT2D eigenvalue weighted by Gasteiger charge is 2.08. The van der Waals surface area contributed by atoms with E-state index in [0.717, 1.165) is 27.8 Å². The topological polar surface area (TPSA) is 66.9 Å². The monoisotopic (exact) mass is 406 g/mol. The van der Waals surface area contributed by atoms with Crippen molar-refractivity contribution >= 4 is 45.4 Å². The first-order chi connectivity index (χ1) is 13.7. The molecule has 138 valence electrons. The maximum atomic E-state index is 12.2. The molecule has 0 atom stereocenters. The molecule has 1 amide bonds. The van der Waals surface area contributed by atoms with Crippen LogP contribution in [0.3, 0.4) is 0 Å². The van der Waals surface area contributed by atoms with Crippen molar-refractivity contribution in [2.75, 3.05) is 10.6 Å². The van der Waals surface area contributed by atoms with Gasteiger partial charge in [-0.25, -0.2) is 9.97 Å². The number of anilines is 3. The molecule has 2 aromatic carbocycles. The largest absolute Gasteiger partial charge is 0.330 e. The van der Waals surface area contributed by atoms with Crippen molar-refractivity contribution in [3.05, 3.63) is 89.0 Å². The van der Waals surface area contributed by atoms with Crippen molar-refractivity contribution in [3.63, 3.8) is 0 Å². The van der Waals surface area contributed by atoms with Crippen molar-refractivity contribution in [1.29, 1.82) is 0 Å². The molecule has 0 fully saturated rings. The standard InChI is InChI=1S/C21H15ClN4OS/c22-19-11-10-17(12-23-19)25-21-26-18(13-28-21)14-6-8-16(9-7-14)24-20(27)15-4-2-1-3-5-15/h1-13H,(H,24,27)(H,25,26). The Bertz CT molecular complexity index is 1080. The zero-order valence-electron chi connectivity index (χ0n) is 14.6. The summed E-state index contributed by atoms with van der Waals surface area (Å²) in [7, 11) is 0. The lowest BCUT2D eigenvalue weighted by atomic mass is 10.1. The van der Waals surface area contributed by atoms with Crippen LogP contribution in [-0.4, -0.2) is 15.9 Å². The lowest BCUT2D eigenvalue weighted by Gasteiger charge is -2.06. The van der Waals surface area contributed by atoms with Crippen molar-refractivity contribution in [1.82, 2.24) is 9.97 Å². The van der Waals surface area contributed by atoms with Gasteiger partial charge >= 0.3 is 0 Å². The fraction of sp³-hybridized carbons (Fsp3) is 0. The summed E-state index contributed by atoms with van der Waals surface area (Å²) < 4.78 is 0. The van der Waals surface area contributed by atoms with E-state index in [-0.39, 0.29) is 5.91 Å². The molecule has 2 N–H and O–H groups in total. The highest BCUT2D eigenvalue weighted by Crippen LogP contribution is 2.28. The van der Waals surface area contributed by atoms with Gasteiger partial charge in [0.2, 0.25) is 0 Å². The number of hydrogen-bond acceptors (Lipinski definition) is 5. The predicted octanol–water partition coefficient (Wildman–Crippen LogP) is 5.85. The number of halogens is 1. The normalized spacial score (nSPS) is 10.5. The molecular weight excluding hydrogens is 392 g/mol. The molecule has 28 heavy (non-hydrogen) atoms. The Morgan fingerprint density at radius 1 is 0.929 bits per heavy atom. The summed E-state index contributed by atoms with van der Waals surface area (Å²) in [5.74, 6) is -0.134. The van der Waals surface area contributed by atoms with Crippen LogP contribution in [0.15, 0.2) is 78.3 Å². The van der Waals surface area contributed by atoms with Crippen LogP contribution >= 0.6 is 22.9 Å². The number of benzene rings is 2. The average molecular weight is 407 g/mol. The van der Waals surface area contributed by atoms with E-state index >= 15 is 0 Å². The summed E-state index contributed by atoms with van der Waals surface area (Å²) in [6.45, 7) is 0. The number of nitrogens with zero attached hydrogens (tertiary/aromatic N) is 2. The Morgan fingerprint density at radius 3 is 2.39 bits per heavy atom. The molecule has 0 aliphatic heterocycles. The first-order valence-electron chi connectivity index (χ1n) is 8.48. The Labute approximate surface area is 171 Å². The van der Waals surface area contributed by atoms with E-state index < -0.39 is 0 Å². The van der Waals surface area contributed by atoms with Crippen molar-refractivity contribution in [2.24, 2.45) is 0 Å². The van der Waals surface area contributed by atoms with Crippen LogP contribution in [0.1, 0.15) is 10.4 Å². The van der Waals surface area contributed by atoms with Crippen LogP contribution in [0.4, 0.5) is 16.5 Å². The molecular formula is C21H15ClN4OS. The Morgan fingerprint density at radius 2 is 1.68 bits per heavy atom. The summed E-state index contributed by atoms with van der Waals surface area (Å²) in [6, 6.07) is 20.3. The van der Waals surface area contributed by atoms with Gasteiger partial charge in [0.15, 0.2) is 5.13 Å². The van der Waals surface area contributed by atoms with Crippen LogP contribution < -0.4 is 10.6 Å². The molecule has 0 spiro atoms. The van der Waals surface area contributed by atoms with E-state index in [1.165, 1.54) is 11.3 Å². The van der Waals surface area contributed by atoms with Crippen molar-refractivity contribution in [3.8, 4) is 11.3 Å². The first kappa shape index (κ1) is 18.2. The minimum atomic E-state index is -0.134. The average Bonchev–Trinajstić information content (AvgIpc) is 3.19. The Kier molecular flexibility index (Phi) is 5.32. The summed E-state index contributed by atoms with van der Waals surface area (Å²) in [5, 5.41) is 9.29. The number of amides is 1. The molecule has 4 rings (SSSR count). The number of hydrogen-bond donors (Lipinski definition) is 2. The highest BCUT2D eigenvalue weighted by atomic mass is 35.5. The van der Waals surface area contributed by atoms with E-state index in [9.17, 15) is 4.79 Å². The lowest BCUT2D eigenvalue weighted by Crippen LogP contribution is -2.11. The van der Waals surface area contributed by atoms with Crippen molar-refractivity contribution < 1.29 is 4.79 Å². The Hall–Kier alpha value is -3.22. The summed E-state index contributed by atoms with van der Waals surface area (Å²) >= 11 is 7.30. The molecule has 7 heteroatoms. The second kappa shape index (κ2) is 8.21. The van der Waals surface area contributed by atoms with Gasteiger partial charge in [0.25, 0.3) is 5.91 Å². The quantitative estimate of drug-likeness (QED) is 0.408. The second-order valence-corrected chi connectivity index (χ2v) is 7.18. The van der Waals surface area contributed by atoms with Gasteiger partial charge in [-0.15, -0.1) is 11.3 Å². The predicted molar refractivity (Wildman–Crippen MR) is 114 cm³/mol. The molecule has 5 nitrogen and oxygen atoms in total. The summed E-state index contributed by atoms with van der Waals surface area (Å²) in [4.78, 5) is 20.9. The van der Waals surface area contributed by atoms with Gasteiger partial charge < -0.3 is 10.6 Å². The molecule has 0 bridgehead atoms. The molecule has 2 aromatic heterocycles. The van der Waals surface area contributed by atoms with E-state index in [1.807, 2.05) is 53.9 Å². The molecule has 4 aromatic rings. The van der Waals surface area contributed by atoms with Gasteiger partial charge in [0, 0.05) is 22.2 Å². The third kappa shape index (κ3) is 4.36. The molecule has 0 unspecified atom stereocenters. The fourth-order valence-corrected chi connectivity index (χ4v) is 3.41. The number of nitrogens with one attached hydrogen (secondary N) is 2. The highest BCUT2D eigenvalue weighted by molar-refractivity contribution is 7.14. The van der Waals surface area contributed by atoms with Gasteiger partial charge in [0.05, 0.1) is 17.6 Å². The summed E-state index contributed by atoms with van der Waals surface area (Å²) in [5.41, 5.74) is 4.01. The molecule has 0 radical (unpaired) electrons. The molecule has 2 heterocycles. The van der Waals surface area contributed by atoms with Crippen LogP contribution in [0.25, 0.3) is 11.3 Å². The van der Waals surface area contributed by atoms with E-state index in [1.54, 1.807) is 24.4 Å². The first-order valence-corrected chi connectivity index (χ1v) is 9.74. The number of pyridine rings is 1. The van der Waals surface area contributed by atoms with E-state index in [0.29, 0.717) is 10.7 Å². The maximum absolute atomic E-state index is 12.2. The van der Waals surface area contributed by atoms with Gasteiger partial charge in [-0.2, -0.15) is 0 Å². The number of aromatic nitrogens is 2. The maximum Gasteiger partial charge on any atom is 0.255 e.